The van der Waals surface area contributed by atoms with E-state index >= 15 is 0 Å². The topological polar surface area (TPSA) is 46.2 Å². The molecule has 0 heterocycles. The molecule has 0 radical (unpaired) electrons. The first-order valence-corrected chi connectivity index (χ1v) is 8.45. The van der Waals surface area contributed by atoms with Crippen LogP contribution in [0.4, 0.5) is 0 Å². The Morgan fingerprint density at radius 2 is 1.68 bits per heavy atom. The van der Waals surface area contributed by atoms with Gasteiger partial charge in [0.15, 0.2) is 0 Å². The number of hydrogen-bond donors (Lipinski definition) is 1. The molecule has 0 spiro atoms. The zero-order chi connectivity index (χ0) is 13.4. The summed E-state index contributed by atoms with van der Waals surface area (Å²) in [4.78, 5) is 13.0. The highest BCUT2D eigenvalue weighted by molar-refractivity contribution is 7.84. The fourth-order valence-corrected chi connectivity index (χ4v) is 3.08. The normalized spacial score (nSPS) is 20.3. The zero-order valence-corrected chi connectivity index (χ0v) is 11.9. The lowest BCUT2D eigenvalue weighted by Gasteiger charge is -2.17. The number of rotatable bonds is 5. The maximum absolute atomic E-state index is 12.2. The van der Waals surface area contributed by atoms with Crippen molar-refractivity contribution in [2.75, 3.05) is 6.26 Å². The van der Waals surface area contributed by atoms with Crippen LogP contribution in [-0.2, 0) is 10.8 Å². The number of amides is 1. The molecule has 1 aromatic rings. The molecule has 0 saturated heterocycles. The second kappa shape index (κ2) is 5.08. The largest absolute Gasteiger partial charge is 0.349 e. The third kappa shape index (κ3) is 3.06. The molecule has 3 nitrogen and oxygen atoms in total. The molecule has 1 unspecified atom stereocenters. The van der Waals surface area contributed by atoms with Crippen LogP contribution in [0.2, 0.25) is 0 Å². The van der Waals surface area contributed by atoms with Crippen LogP contribution in [0, 0.1) is 11.8 Å². The molecule has 1 N–H and O–H groups in total. The van der Waals surface area contributed by atoms with Gasteiger partial charge in [0.1, 0.15) is 0 Å². The lowest BCUT2D eigenvalue weighted by Crippen LogP contribution is -2.38. The van der Waals surface area contributed by atoms with Gasteiger partial charge in [0, 0.05) is 33.6 Å². The molecule has 2 aliphatic rings. The standard InChI is InChI=1S/C15H19NO2S/c1-19(18)13-8-6-12(7-9-13)15(17)16-14(10-2-3-10)11-4-5-11/h6-11,14H,2-5H2,1H3,(H,16,17). The van der Waals surface area contributed by atoms with Gasteiger partial charge in [0.2, 0.25) is 0 Å². The first kappa shape index (κ1) is 12.9. The number of nitrogens with one attached hydrogen (secondary N) is 1. The van der Waals surface area contributed by atoms with E-state index in [1.807, 2.05) is 0 Å². The van der Waals surface area contributed by atoms with Crippen LogP contribution in [0.3, 0.4) is 0 Å². The Hall–Kier alpha value is -1.16. The first-order chi connectivity index (χ1) is 9.15. The van der Waals surface area contributed by atoms with E-state index in [1.165, 1.54) is 25.7 Å². The lowest BCUT2D eigenvalue weighted by atomic mass is 10.1. The number of hydrogen-bond acceptors (Lipinski definition) is 2. The molecule has 0 bridgehead atoms. The molecule has 3 rings (SSSR count). The number of carbonyl (C=O) groups is 1. The summed E-state index contributed by atoms with van der Waals surface area (Å²) in [5.41, 5.74) is 0.667. The summed E-state index contributed by atoms with van der Waals surface area (Å²) < 4.78 is 11.3. The van der Waals surface area contributed by atoms with Crippen molar-refractivity contribution >= 4 is 16.7 Å². The van der Waals surface area contributed by atoms with Crippen molar-refractivity contribution in [1.29, 1.82) is 0 Å². The molecule has 102 valence electrons. The summed E-state index contributed by atoms with van der Waals surface area (Å²) in [5, 5.41) is 3.19. The number of benzene rings is 1. The SMILES string of the molecule is CS(=O)c1ccc(C(=O)NC(C2CC2)C2CC2)cc1. The fourth-order valence-electron chi connectivity index (χ4n) is 2.56. The Morgan fingerprint density at radius 3 is 2.11 bits per heavy atom. The third-order valence-corrected chi connectivity index (χ3v) is 4.94. The minimum absolute atomic E-state index is 0.0113. The molecule has 2 saturated carbocycles. The van der Waals surface area contributed by atoms with Crippen molar-refractivity contribution < 1.29 is 9.00 Å². The predicted molar refractivity (Wildman–Crippen MR) is 75.5 cm³/mol. The van der Waals surface area contributed by atoms with Gasteiger partial charge in [-0.2, -0.15) is 0 Å². The summed E-state index contributed by atoms with van der Waals surface area (Å²) in [6, 6.07) is 7.46. The van der Waals surface area contributed by atoms with E-state index < -0.39 is 10.8 Å². The van der Waals surface area contributed by atoms with E-state index in [0.29, 0.717) is 23.4 Å². The molecule has 19 heavy (non-hydrogen) atoms. The molecular weight excluding hydrogens is 258 g/mol. The van der Waals surface area contributed by atoms with E-state index in [1.54, 1.807) is 30.5 Å². The second-order valence-corrected chi connectivity index (χ2v) is 7.03. The van der Waals surface area contributed by atoms with Crippen LogP contribution >= 0.6 is 0 Å². The van der Waals surface area contributed by atoms with Gasteiger partial charge < -0.3 is 5.32 Å². The third-order valence-electron chi connectivity index (χ3n) is 4.01. The van der Waals surface area contributed by atoms with Crippen molar-refractivity contribution in [2.24, 2.45) is 11.8 Å². The van der Waals surface area contributed by atoms with Gasteiger partial charge in [-0.15, -0.1) is 0 Å². The van der Waals surface area contributed by atoms with Crippen LogP contribution < -0.4 is 5.32 Å². The summed E-state index contributed by atoms with van der Waals surface area (Å²) in [5.74, 6) is 1.43. The van der Waals surface area contributed by atoms with Crippen molar-refractivity contribution in [3.05, 3.63) is 29.8 Å². The maximum Gasteiger partial charge on any atom is 0.251 e. The van der Waals surface area contributed by atoms with Gasteiger partial charge in [-0.1, -0.05) is 0 Å². The molecule has 1 aromatic carbocycles. The quantitative estimate of drug-likeness (QED) is 0.898. The minimum atomic E-state index is -0.988. The molecule has 2 aliphatic carbocycles. The monoisotopic (exact) mass is 277 g/mol. The average molecular weight is 277 g/mol. The van der Waals surface area contributed by atoms with Gasteiger partial charge >= 0.3 is 0 Å². The molecule has 1 amide bonds. The first-order valence-electron chi connectivity index (χ1n) is 6.89. The van der Waals surface area contributed by atoms with E-state index in [2.05, 4.69) is 5.32 Å². The molecule has 4 heteroatoms. The lowest BCUT2D eigenvalue weighted by molar-refractivity contribution is 0.0926. The fraction of sp³-hybridized carbons (Fsp3) is 0.533. The summed E-state index contributed by atoms with van der Waals surface area (Å²) in [6.45, 7) is 0. The molecule has 1 atom stereocenters. The van der Waals surface area contributed by atoms with Crippen LogP contribution in [-0.4, -0.2) is 22.4 Å². The predicted octanol–water partition coefficient (Wildman–Crippen LogP) is 2.34. The molecular formula is C15H19NO2S. The Labute approximate surface area is 116 Å². The van der Waals surface area contributed by atoms with Crippen LogP contribution in [0.1, 0.15) is 36.0 Å². The van der Waals surface area contributed by atoms with E-state index in [4.69, 9.17) is 0 Å². The van der Waals surface area contributed by atoms with Crippen molar-refractivity contribution in [1.82, 2.24) is 5.32 Å². The smallest absolute Gasteiger partial charge is 0.251 e. The highest BCUT2D eigenvalue weighted by atomic mass is 32.2. The van der Waals surface area contributed by atoms with Gasteiger partial charge in [-0.05, 0) is 61.8 Å². The summed E-state index contributed by atoms with van der Waals surface area (Å²) >= 11 is 0. The molecule has 2 fully saturated rings. The Bertz CT molecular complexity index is 491. The zero-order valence-electron chi connectivity index (χ0n) is 11.1. The van der Waals surface area contributed by atoms with Crippen molar-refractivity contribution in [3.63, 3.8) is 0 Å². The Morgan fingerprint density at radius 1 is 1.16 bits per heavy atom. The van der Waals surface area contributed by atoms with Crippen LogP contribution in [0.5, 0.6) is 0 Å². The Kier molecular flexibility index (Phi) is 3.44. The van der Waals surface area contributed by atoms with Crippen molar-refractivity contribution in [2.45, 2.75) is 36.6 Å². The minimum Gasteiger partial charge on any atom is -0.349 e. The molecule has 0 aromatic heterocycles. The van der Waals surface area contributed by atoms with Gasteiger partial charge in [0.05, 0.1) is 0 Å². The van der Waals surface area contributed by atoms with E-state index in [9.17, 15) is 9.00 Å². The highest BCUT2D eigenvalue weighted by Gasteiger charge is 2.42. The van der Waals surface area contributed by atoms with Gasteiger partial charge in [-0.3, -0.25) is 9.00 Å². The van der Waals surface area contributed by atoms with Crippen molar-refractivity contribution in [3.8, 4) is 0 Å². The van der Waals surface area contributed by atoms with Gasteiger partial charge in [0.25, 0.3) is 5.91 Å². The highest BCUT2D eigenvalue weighted by Crippen LogP contribution is 2.44. The van der Waals surface area contributed by atoms with Crippen LogP contribution in [0.25, 0.3) is 0 Å². The van der Waals surface area contributed by atoms with E-state index in [0.717, 1.165) is 4.90 Å². The number of carbonyl (C=O) groups excluding carboxylic acids is 1. The van der Waals surface area contributed by atoms with Gasteiger partial charge in [-0.25, -0.2) is 0 Å². The average Bonchev–Trinajstić information content (AvgIpc) is 3.29. The molecule has 0 aliphatic heterocycles. The summed E-state index contributed by atoms with van der Waals surface area (Å²) in [7, 11) is -0.988. The van der Waals surface area contributed by atoms with E-state index in [-0.39, 0.29) is 5.91 Å². The second-order valence-electron chi connectivity index (χ2n) is 5.65. The Balaban J connectivity index is 1.67. The maximum atomic E-state index is 12.2. The van der Waals surface area contributed by atoms with Crippen LogP contribution in [0.15, 0.2) is 29.2 Å². The summed E-state index contributed by atoms with van der Waals surface area (Å²) in [6.07, 6.45) is 6.68.